The first-order valence-corrected chi connectivity index (χ1v) is 11.7. The number of aryl methyl sites for hydroxylation is 2. The van der Waals surface area contributed by atoms with E-state index in [0.29, 0.717) is 5.75 Å². The molecule has 30 heavy (non-hydrogen) atoms. The first-order chi connectivity index (χ1) is 14.4. The Morgan fingerprint density at radius 2 is 1.77 bits per heavy atom. The van der Waals surface area contributed by atoms with Crippen LogP contribution in [0.2, 0.25) is 0 Å². The van der Waals surface area contributed by atoms with E-state index in [1.807, 2.05) is 12.1 Å². The summed E-state index contributed by atoms with van der Waals surface area (Å²) in [6, 6.07) is 16.7. The summed E-state index contributed by atoms with van der Waals surface area (Å²) < 4.78 is 3.19. The first-order valence-electron chi connectivity index (χ1n) is 9.77. The van der Waals surface area contributed by atoms with Gasteiger partial charge < -0.3 is 4.57 Å². The number of halogens is 1. The molecule has 4 nitrogen and oxygen atoms in total. The zero-order valence-corrected chi connectivity index (χ0v) is 20.1. The lowest BCUT2D eigenvalue weighted by Crippen LogP contribution is -2.19. The monoisotopic (exact) mass is 483 g/mol. The van der Waals surface area contributed by atoms with E-state index >= 15 is 0 Å². The lowest BCUT2D eigenvalue weighted by atomic mass is 10.2. The summed E-state index contributed by atoms with van der Waals surface area (Å²) in [5, 5.41) is 4.19. The van der Waals surface area contributed by atoms with Crippen LogP contribution in [0.5, 0.6) is 0 Å². The molecular formula is C24H26BrN3OS. The number of thioether (sulfide) groups is 1. The molecular weight excluding hydrogens is 458 g/mol. The smallest absolute Gasteiger partial charge is 0.250 e. The highest BCUT2D eigenvalue weighted by Crippen LogP contribution is 2.30. The van der Waals surface area contributed by atoms with Gasteiger partial charge in [0.1, 0.15) is 0 Å². The number of amides is 1. The van der Waals surface area contributed by atoms with Crippen molar-refractivity contribution in [2.45, 2.75) is 33.4 Å². The van der Waals surface area contributed by atoms with E-state index in [1.54, 1.807) is 18.0 Å². The van der Waals surface area contributed by atoms with Crippen molar-refractivity contribution >= 4 is 39.8 Å². The second-order valence-electron chi connectivity index (χ2n) is 7.29. The Balaban J connectivity index is 1.62. The van der Waals surface area contributed by atoms with Crippen molar-refractivity contribution in [2.24, 2.45) is 5.10 Å². The standard InChI is InChI=1S/C24H26BrN3OS/c1-16-9-11-20(12-10-16)14-30-15-23(29)27-26-13-21-18(3)28(19(4)24(21)25)22-8-6-5-7-17(22)2/h5-13H,14-15H2,1-4H3,(H,27,29)/b26-13-. The van der Waals surface area contributed by atoms with Gasteiger partial charge in [-0.05, 0) is 60.8 Å². The summed E-state index contributed by atoms with van der Waals surface area (Å²) in [7, 11) is 0. The van der Waals surface area contributed by atoms with E-state index in [0.717, 1.165) is 32.9 Å². The molecule has 1 aromatic heterocycles. The third kappa shape index (κ3) is 5.24. The number of hydrogen-bond acceptors (Lipinski definition) is 3. The molecule has 6 heteroatoms. The minimum Gasteiger partial charge on any atom is -0.316 e. The fourth-order valence-corrected chi connectivity index (χ4v) is 4.64. The Labute approximate surface area is 190 Å². The van der Waals surface area contributed by atoms with Gasteiger partial charge in [-0.3, -0.25) is 4.79 Å². The van der Waals surface area contributed by atoms with Gasteiger partial charge in [0.25, 0.3) is 0 Å². The van der Waals surface area contributed by atoms with Gasteiger partial charge in [-0.1, -0.05) is 48.0 Å². The maximum atomic E-state index is 12.1. The summed E-state index contributed by atoms with van der Waals surface area (Å²) in [5.41, 5.74) is 10.6. The van der Waals surface area contributed by atoms with E-state index in [4.69, 9.17) is 0 Å². The van der Waals surface area contributed by atoms with Crippen LogP contribution < -0.4 is 5.43 Å². The summed E-state index contributed by atoms with van der Waals surface area (Å²) in [4.78, 5) is 12.1. The van der Waals surface area contributed by atoms with Crippen LogP contribution in [0, 0.1) is 27.7 Å². The molecule has 0 aliphatic carbocycles. The van der Waals surface area contributed by atoms with Gasteiger partial charge >= 0.3 is 0 Å². The lowest BCUT2D eigenvalue weighted by molar-refractivity contribution is -0.118. The number of rotatable bonds is 7. The summed E-state index contributed by atoms with van der Waals surface area (Å²) in [5.74, 6) is 1.07. The molecule has 0 radical (unpaired) electrons. The Kier molecular flexibility index (Phi) is 7.56. The van der Waals surface area contributed by atoms with Crippen molar-refractivity contribution in [3.8, 4) is 5.69 Å². The van der Waals surface area contributed by atoms with Crippen LogP contribution >= 0.6 is 27.7 Å². The minimum atomic E-state index is -0.104. The van der Waals surface area contributed by atoms with Crippen LogP contribution in [0.25, 0.3) is 5.69 Å². The van der Waals surface area contributed by atoms with Gasteiger partial charge in [0.2, 0.25) is 5.91 Å². The number of hydrogen-bond donors (Lipinski definition) is 1. The predicted molar refractivity (Wildman–Crippen MR) is 131 cm³/mol. The lowest BCUT2D eigenvalue weighted by Gasteiger charge is -2.12. The number of para-hydroxylation sites is 1. The Hall–Kier alpha value is -2.31. The zero-order valence-electron chi connectivity index (χ0n) is 17.7. The molecule has 1 heterocycles. The number of benzene rings is 2. The van der Waals surface area contributed by atoms with Gasteiger partial charge in [0.15, 0.2) is 0 Å². The number of aromatic nitrogens is 1. The van der Waals surface area contributed by atoms with Crippen LogP contribution in [0.3, 0.4) is 0 Å². The molecule has 2 aromatic carbocycles. The molecule has 0 aliphatic heterocycles. The first kappa shape index (κ1) is 22.4. The molecule has 0 saturated heterocycles. The van der Waals surface area contributed by atoms with E-state index in [2.05, 4.69) is 95.1 Å². The van der Waals surface area contributed by atoms with Crippen molar-refractivity contribution in [2.75, 3.05) is 5.75 Å². The minimum absolute atomic E-state index is 0.104. The highest BCUT2D eigenvalue weighted by molar-refractivity contribution is 9.10. The largest absolute Gasteiger partial charge is 0.316 e. The van der Waals surface area contributed by atoms with E-state index in [1.165, 1.54) is 16.7 Å². The maximum absolute atomic E-state index is 12.1. The van der Waals surface area contributed by atoms with Crippen LogP contribution in [-0.2, 0) is 10.5 Å². The van der Waals surface area contributed by atoms with E-state index < -0.39 is 0 Å². The van der Waals surface area contributed by atoms with Gasteiger partial charge in [0.05, 0.1) is 12.0 Å². The highest BCUT2D eigenvalue weighted by Gasteiger charge is 2.16. The van der Waals surface area contributed by atoms with Crippen LogP contribution in [0.1, 0.15) is 33.6 Å². The van der Waals surface area contributed by atoms with Crippen molar-refractivity contribution in [1.29, 1.82) is 0 Å². The summed E-state index contributed by atoms with van der Waals surface area (Å²) >= 11 is 5.26. The van der Waals surface area contributed by atoms with Gasteiger partial charge in [0, 0.05) is 32.9 Å². The van der Waals surface area contributed by atoms with Crippen molar-refractivity contribution in [3.63, 3.8) is 0 Å². The normalized spacial score (nSPS) is 11.2. The third-order valence-corrected chi connectivity index (χ3v) is 6.98. The molecule has 1 N–H and O–H groups in total. The van der Waals surface area contributed by atoms with Crippen molar-refractivity contribution in [1.82, 2.24) is 9.99 Å². The molecule has 0 spiro atoms. The number of hydrazone groups is 1. The van der Waals surface area contributed by atoms with Crippen LogP contribution in [0.15, 0.2) is 58.1 Å². The number of nitrogens with zero attached hydrogens (tertiary/aromatic N) is 2. The topological polar surface area (TPSA) is 46.4 Å². The average molecular weight is 484 g/mol. The highest BCUT2D eigenvalue weighted by atomic mass is 79.9. The fraction of sp³-hybridized carbons (Fsp3) is 0.250. The fourth-order valence-electron chi connectivity index (χ4n) is 3.30. The summed E-state index contributed by atoms with van der Waals surface area (Å²) in [6.07, 6.45) is 1.71. The molecule has 0 bridgehead atoms. The Morgan fingerprint density at radius 3 is 2.47 bits per heavy atom. The third-order valence-electron chi connectivity index (χ3n) is 4.98. The maximum Gasteiger partial charge on any atom is 0.250 e. The molecule has 0 saturated carbocycles. The second-order valence-corrected chi connectivity index (χ2v) is 9.07. The molecule has 3 rings (SSSR count). The number of carbonyl (C=O) groups is 1. The van der Waals surface area contributed by atoms with Gasteiger partial charge in [-0.15, -0.1) is 11.8 Å². The summed E-state index contributed by atoms with van der Waals surface area (Å²) in [6.45, 7) is 8.30. The molecule has 0 fully saturated rings. The molecule has 0 aliphatic rings. The Morgan fingerprint density at radius 1 is 1.07 bits per heavy atom. The van der Waals surface area contributed by atoms with E-state index in [-0.39, 0.29) is 5.91 Å². The second kappa shape index (κ2) is 10.1. The molecule has 1 amide bonds. The van der Waals surface area contributed by atoms with Crippen molar-refractivity contribution in [3.05, 3.63) is 86.6 Å². The van der Waals surface area contributed by atoms with Gasteiger partial charge in [-0.25, -0.2) is 5.43 Å². The molecule has 0 unspecified atom stereocenters. The van der Waals surface area contributed by atoms with E-state index in [9.17, 15) is 4.79 Å². The van der Waals surface area contributed by atoms with Crippen LogP contribution in [-0.4, -0.2) is 22.4 Å². The Bertz CT molecular complexity index is 1070. The predicted octanol–water partition coefficient (Wildman–Crippen LogP) is 5.86. The SMILES string of the molecule is Cc1ccc(CSCC(=O)N/N=C\c2c(Br)c(C)n(-c3ccccc3C)c2C)cc1. The average Bonchev–Trinajstić information content (AvgIpc) is 2.93. The number of nitrogens with one attached hydrogen (secondary N) is 1. The van der Waals surface area contributed by atoms with Crippen LogP contribution in [0.4, 0.5) is 0 Å². The molecule has 0 atom stereocenters. The molecule has 156 valence electrons. The van der Waals surface area contributed by atoms with Crippen molar-refractivity contribution < 1.29 is 4.79 Å². The quantitative estimate of drug-likeness (QED) is 0.338. The zero-order chi connectivity index (χ0) is 21.7. The molecule has 3 aromatic rings. The number of carbonyl (C=O) groups excluding carboxylic acids is 1. The van der Waals surface area contributed by atoms with Gasteiger partial charge in [-0.2, -0.15) is 5.10 Å².